The van der Waals surface area contributed by atoms with Crippen molar-refractivity contribution in [3.8, 4) is 0 Å². The van der Waals surface area contributed by atoms with Crippen LogP contribution in [-0.4, -0.2) is 26.3 Å². The summed E-state index contributed by atoms with van der Waals surface area (Å²) >= 11 is 6.13. The Hall–Kier alpha value is -0.640. The van der Waals surface area contributed by atoms with E-state index in [0.717, 1.165) is 32.5 Å². The van der Waals surface area contributed by atoms with Crippen molar-refractivity contribution in [1.82, 2.24) is 5.32 Å². The van der Waals surface area contributed by atoms with Crippen molar-refractivity contribution in [2.24, 2.45) is 5.41 Å². The first kappa shape index (κ1) is 14.8. The Kier molecular flexibility index (Phi) is 5.20. The van der Waals surface area contributed by atoms with E-state index in [2.05, 4.69) is 12.2 Å². The molecule has 1 fully saturated rings. The lowest BCUT2D eigenvalue weighted by atomic mass is 9.80. The van der Waals surface area contributed by atoms with Gasteiger partial charge in [-0.3, -0.25) is 0 Å². The summed E-state index contributed by atoms with van der Waals surface area (Å²) in [5, 5.41) is 3.95. The van der Waals surface area contributed by atoms with E-state index in [-0.39, 0.29) is 11.2 Å². The molecule has 1 aliphatic heterocycles. The molecular formula is C15H21ClFNO. The Labute approximate surface area is 119 Å². The fraction of sp³-hybridized carbons (Fsp3) is 0.600. The van der Waals surface area contributed by atoms with Crippen LogP contribution in [0.4, 0.5) is 4.39 Å². The molecule has 0 aromatic heterocycles. The maximum Gasteiger partial charge on any atom is 0.127 e. The second kappa shape index (κ2) is 6.69. The van der Waals surface area contributed by atoms with Gasteiger partial charge in [-0.15, -0.1) is 0 Å². The Morgan fingerprint density at radius 2 is 2.32 bits per heavy atom. The normalized spacial score (nSPS) is 22.9. The van der Waals surface area contributed by atoms with Gasteiger partial charge in [-0.2, -0.15) is 0 Å². The van der Waals surface area contributed by atoms with Gasteiger partial charge in [0.1, 0.15) is 5.82 Å². The number of rotatable bonds is 6. The highest BCUT2D eigenvalue weighted by atomic mass is 35.5. The summed E-state index contributed by atoms with van der Waals surface area (Å²) in [7, 11) is 0. The average molecular weight is 286 g/mol. The first-order valence-electron chi connectivity index (χ1n) is 6.88. The van der Waals surface area contributed by atoms with Crippen molar-refractivity contribution in [3.05, 3.63) is 34.6 Å². The predicted molar refractivity (Wildman–Crippen MR) is 76.1 cm³/mol. The number of benzene rings is 1. The van der Waals surface area contributed by atoms with Gasteiger partial charge in [-0.05, 0) is 37.9 Å². The van der Waals surface area contributed by atoms with Crippen LogP contribution in [0.2, 0.25) is 5.02 Å². The van der Waals surface area contributed by atoms with Gasteiger partial charge in [0.15, 0.2) is 0 Å². The van der Waals surface area contributed by atoms with E-state index in [1.54, 1.807) is 12.1 Å². The molecule has 4 heteroatoms. The fourth-order valence-electron chi connectivity index (χ4n) is 2.60. The second-order valence-corrected chi connectivity index (χ2v) is 5.76. The third-order valence-electron chi connectivity index (χ3n) is 3.73. The summed E-state index contributed by atoms with van der Waals surface area (Å²) in [6, 6.07) is 4.88. The van der Waals surface area contributed by atoms with Crippen molar-refractivity contribution in [2.75, 3.05) is 26.3 Å². The predicted octanol–water partition coefficient (Wildman–Crippen LogP) is 3.43. The van der Waals surface area contributed by atoms with Crippen LogP contribution in [-0.2, 0) is 11.2 Å². The van der Waals surface area contributed by atoms with Crippen LogP contribution in [0.5, 0.6) is 0 Å². The zero-order chi connectivity index (χ0) is 13.7. The van der Waals surface area contributed by atoms with E-state index in [1.165, 1.54) is 6.07 Å². The molecule has 1 aromatic carbocycles. The van der Waals surface area contributed by atoms with E-state index in [4.69, 9.17) is 16.3 Å². The van der Waals surface area contributed by atoms with Crippen LogP contribution in [0, 0.1) is 11.2 Å². The lowest BCUT2D eigenvalue weighted by molar-refractivity contribution is 0.149. The Bertz CT molecular complexity index is 398. The molecule has 1 saturated heterocycles. The van der Waals surface area contributed by atoms with Crippen LogP contribution >= 0.6 is 11.6 Å². The molecule has 1 unspecified atom stereocenters. The molecule has 0 radical (unpaired) electrons. The van der Waals surface area contributed by atoms with E-state index < -0.39 is 0 Å². The second-order valence-electron chi connectivity index (χ2n) is 5.36. The van der Waals surface area contributed by atoms with Crippen molar-refractivity contribution in [2.45, 2.75) is 26.2 Å². The van der Waals surface area contributed by atoms with Crippen molar-refractivity contribution in [1.29, 1.82) is 0 Å². The van der Waals surface area contributed by atoms with E-state index >= 15 is 0 Å². The molecule has 0 spiro atoms. The van der Waals surface area contributed by atoms with Crippen molar-refractivity contribution in [3.63, 3.8) is 0 Å². The van der Waals surface area contributed by atoms with Crippen LogP contribution in [0.15, 0.2) is 18.2 Å². The standard InChI is InChI=1S/C15H21ClFNO/c1-2-7-18-10-15(6-8-19-11-15)9-12-13(16)4-3-5-14(12)17/h3-5,18H,2,6-11H2,1H3. The molecule has 1 aromatic rings. The Morgan fingerprint density at radius 1 is 1.47 bits per heavy atom. The maximum absolute atomic E-state index is 13.9. The molecule has 0 bridgehead atoms. The highest BCUT2D eigenvalue weighted by Gasteiger charge is 2.36. The lowest BCUT2D eigenvalue weighted by Gasteiger charge is -2.28. The highest BCUT2D eigenvalue weighted by molar-refractivity contribution is 6.31. The van der Waals surface area contributed by atoms with E-state index in [0.29, 0.717) is 23.6 Å². The quantitative estimate of drug-likeness (QED) is 0.809. The molecule has 106 valence electrons. The summed E-state index contributed by atoms with van der Waals surface area (Å²) in [5.74, 6) is -0.214. The van der Waals surface area contributed by atoms with Gasteiger partial charge in [0.2, 0.25) is 0 Å². The minimum atomic E-state index is -0.214. The topological polar surface area (TPSA) is 21.3 Å². The molecule has 1 heterocycles. The third kappa shape index (κ3) is 3.68. The SMILES string of the molecule is CCCNCC1(Cc2c(F)cccc2Cl)CCOC1. The lowest BCUT2D eigenvalue weighted by Crippen LogP contribution is -2.37. The molecule has 1 N–H and O–H groups in total. The smallest absolute Gasteiger partial charge is 0.127 e. The van der Waals surface area contributed by atoms with Crippen LogP contribution in [0.1, 0.15) is 25.3 Å². The molecule has 1 aliphatic rings. The van der Waals surface area contributed by atoms with Gasteiger partial charge >= 0.3 is 0 Å². The van der Waals surface area contributed by atoms with Crippen LogP contribution in [0.3, 0.4) is 0 Å². The molecule has 1 atom stereocenters. The number of ether oxygens (including phenoxy) is 1. The molecule has 0 aliphatic carbocycles. The van der Waals surface area contributed by atoms with Gasteiger partial charge in [-0.1, -0.05) is 24.6 Å². The summed E-state index contributed by atoms with van der Waals surface area (Å²) in [6.45, 7) is 5.39. The highest BCUT2D eigenvalue weighted by Crippen LogP contribution is 2.35. The van der Waals surface area contributed by atoms with Gasteiger partial charge in [-0.25, -0.2) is 4.39 Å². The van der Waals surface area contributed by atoms with Gasteiger partial charge < -0.3 is 10.1 Å². The number of nitrogens with one attached hydrogen (secondary N) is 1. The molecule has 2 rings (SSSR count). The first-order chi connectivity index (χ1) is 9.17. The van der Waals surface area contributed by atoms with Crippen LogP contribution < -0.4 is 5.32 Å². The third-order valence-corrected chi connectivity index (χ3v) is 4.08. The number of hydrogen-bond acceptors (Lipinski definition) is 2. The van der Waals surface area contributed by atoms with E-state index in [1.807, 2.05) is 0 Å². The molecular weight excluding hydrogens is 265 g/mol. The molecule has 0 amide bonds. The van der Waals surface area contributed by atoms with Gasteiger partial charge in [0.25, 0.3) is 0 Å². The van der Waals surface area contributed by atoms with Crippen molar-refractivity contribution < 1.29 is 9.13 Å². The summed E-state index contributed by atoms with van der Waals surface area (Å²) in [5.41, 5.74) is 0.592. The number of hydrogen-bond donors (Lipinski definition) is 1. The van der Waals surface area contributed by atoms with Gasteiger partial charge in [0.05, 0.1) is 6.61 Å². The maximum atomic E-state index is 13.9. The zero-order valence-corrected chi connectivity index (χ0v) is 12.1. The summed E-state index contributed by atoms with van der Waals surface area (Å²) in [4.78, 5) is 0. The van der Waals surface area contributed by atoms with E-state index in [9.17, 15) is 4.39 Å². The Morgan fingerprint density at radius 3 is 2.95 bits per heavy atom. The van der Waals surface area contributed by atoms with Crippen LogP contribution in [0.25, 0.3) is 0 Å². The largest absolute Gasteiger partial charge is 0.381 e. The first-order valence-corrected chi connectivity index (χ1v) is 7.26. The van der Waals surface area contributed by atoms with Crippen molar-refractivity contribution >= 4 is 11.6 Å². The minimum absolute atomic E-state index is 0.0268. The summed E-state index contributed by atoms with van der Waals surface area (Å²) in [6.07, 6.45) is 2.68. The number of halogens is 2. The fourth-order valence-corrected chi connectivity index (χ4v) is 2.83. The summed E-state index contributed by atoms with van der Waals surface area (Å²) < 4.78 is 19.5. The molecule has 19 heavy (non-hydrogen) atoms. The Balaban J connectivity index is 2.12. The average Bonchev–Trinajstić information content (AvgIpc) is 2.84. The van der Waals surface area contributed by atoms with Gasteiger partial charge in [0, 0.05) is 29.2 Å². The zero-order valence-electron chi connectivity index (χ0n) is 11.3. The minimum Gasteiger partial charge on any atom is -0.381 e. The molecule has 2 nitrogen and oxygen atoms in total. The molecule has 0 saturated carbocycles. The monoisotopic (exact) mass is 285 g/mol.